The molecule has 0 aromatic heterocycles. The Balaban J connectivity index is 1.72. The predicted octanol–water partition coefficient (Wildman–Crippen LogP) is 5.61. The monoisotopic (exact) mass is 495 g/mol. The van der Waals surface area contributed by atoms with E-state index in [4.69, 9.17) is 16.3 Å². The zero-order chi connectivity index (χ0) is 24.1. The highest BCUT2D eigenvalue weighted by atomic mass is 35.5. The van der Waals surface area contributed by atoms with Gasteiger partial charge < -0.3 is 4.74 Å². The van der Waals surface area contributed by atoms with Crippen molar-refractivity contribution in [1.82, 2.24) is 0 Å². The number of hydrogen-bond donors (Lipinski definition) is 0. The lowest BCUT2D eigenvalue weighted by Gasteiger charge is -2.18. The summed E-state index contributed by atoms with van der Waals surface area (Å²) in [5.41, 5.74) is 0.452. The third kappa shape index (κ3) is 5.66. The van der Waals surface area contributed by atoms with E-state index in [2.05, 4.69) is 6.92 Å². The van der Waals surface area contributed by atoms with Gasteiger partial charge in [-0.2, -0.15) is 0 Å². The van der Waals surface area contributed by atoms with Gasteiger partial charge in [0.15, 0.2) is 0 Å². The van der Waals surface area contributed by atoms with Gasteiger partial charge in [0.05, 0.1) is 16.5 Å². The minimum absolute atomic E-state index is 0.0747. The highest BCUT2D eigenvalue weighted by Crippen LogP contribution is 2.38. The number of thioether (sulfide) groups is 1. The molecule has 1 heterocycles. The molecule has 1 aliphatic carbocycles. The quantitative estimate of drug-likeness (QED) is 0.327. The maximum Gasteiger partial charge on any atom is 0.316 e. The van der Waals surface area contributed by atoms with Crippen molar-refractivity contribution in [3.05, 3.63) is 39.7 Å². The molecule has 3 rings (SSSR count). The van der Waals surface area contributed by atoms with Gasteiger partial charge in [0.25, 0.3) is 11.8 Å². The van der Waals surface area contributed by atoms with Crippen LogP contribution in [-0.4, -0.2) is 34.8 Å². The highest BCUT2D eigenvalue weighted by molar-refractivity contribution is 8.14. The van der Waals surface area contributed by atoms with Crippen molar-refractivity contribution >= 4 is 51.9 Å². The number of ether oxygens (including phenoxy) is 1. The number of carbonyl (C=O) groups is 4. The second kappa shape index (κ2) is 11.3. The molecule has 33 heavy (non-hydrogen) atoms. The normalized spacial score (nSPS) is 16.8. The molecule has 2 aliphatic rings. The van der Waals surface area contributed by atoms with Crippen LogP contribution in [0.25, 0.3) is 0 Å². The highest BCUT2D eigenvalue weighted by Gasteiger charge is 2.41. The lowest BCUT2D eigenvalue weighted by atomic mass is 9.93. The van der Waals surface area contributed by atoms with Crippen molar-refractivity contribution in [3.8, 4) is 0 Å². The van der Waals surface area contributed by atoms with Gasteiger partial charge in [-0.1, -0.05) is 50.1 Å². The first-order chi connectivity index (χ1) is 15.8. The van der Waals surface area contributed by atoms with Gasteiger partial charge in [0.1, 0.15) is 11.9 Å². The number of imide groups is 1. The minimum atomic E-state index is -0.871. The average Bonchev–Trinajstić information content (AvgIpc) is 3.05. The van der Waals surface area contributed by atoms with E-state index in [9.17, 15) is 23.6 Å². The number of halogens is 2. The largest absolute Gasteiger partial charge is 0.462 e. The number of carbonyl (C=O) groups excluding carboxylic acids is 4. The van der Waals surface area contributed by atoms with E-state index in [1.54, 1.807) is 0 Å². The summed E-state index contributed by atoms with van der Waals surface area (Å²) >= 11 is 6.78. The van der Waals surface area contributed by atoms with Crippen molar-refractivity contribution in [3.63, 3.8) is 0 Å². The molecule has 0 bridgehead atoms. The van der Waals surface area contributed by atoms with Gasteiger partial charge in [-0.3, -0.25) is 19.2 Å². The van der Waals surface area contributed by atoms with E-state index < -0.39 is 28.7 Å². The van der Waals surface area contributed by atoms with Gasteiger partial charge in [0, 0.05) is 16.7 Å². The number of esters is 1. The molecule has 1 aromatic carbocycles. The summed E-state index contributed by atoms with van der Waals surface area (Å²) in [5, 5.41) is -0.732. The van der Waals surface area contributed by atoms with Gasteiger partial charge >= 0.3 is 5.97 Å². The first-order valence-electron chi connectivity index (χ1n) is 11.2. The molecule has 1 atom stereocenters. The Morgan fingerprint density at radius 1 is 1.15 bits per heavy atom. The van der Waals surface area contributed by atoms with Crippen LogP contribution in [0.5, 0.6) is 0 Å². The van der Waals surface area contributed by atoms with Crippen molar-refractivity contribution < 1.29 is 28.3 Å². The molecule has 0 fully saturated rings. The van der Waals surface area contributed by atoms with Crippen molar-refractivity contribution in [2.24, 2.45) is 0 Å². The number of hydrogen-bond acceptors (Lipinski definition) is 6. The fourth-order valence-corrected chi connectivity index (χ4v) is 4.96. The molecule has 2 amide bonds. The molecule has 6 nitrogen and oxygen atoms in total. The van der Waals surface area contributed by atoms with Crippen LogP contribution in [0, 0.1) is 5.82 Å². The molecule has 1 unspecified atom stereocenters. The Kier molecular flexibility index (Phi) is 8.70. The van der Waals surface area contributed by atoms with E-state index in [-0.39, 0.29) is 28.1 Å². The summed E-state index contributed by atoms with van der Waals surface area (Å²) < 4.78 is 20.1. The van der Waals surface area contributed by atoms with E-state index in [1.165, 1.54) is 0 Å². The van der Waals surface area contributed by atoms with Crippen LogP contribution in [0.3, 0.4) is 0 Å². The van der Waals surface area contributed by atoms with Crippen LogP contribution >= 0.6 is 23.4 Å². The molecular weight excluding hydrogens is 469 g/mol. The smallest absolute Gasteiger partial charge is 0.316 e. The second-order valence-electron chi connectivity index (χ2n) is 8.13. The van der Waals surface area contributed by atoms with E-state index in [1.807, 2.05) is 6.92 Å². The van der Waals surface area contributed by atoms with Crippen LogP contribution in [-0.2, 0) is 19.1 Å². The molecule has 0 saturated carbocycles. The Bertz CT molecular complexity index is 981. The van der Waals surface area contributed by atoms with Gasteiger partial charge in [-0.25, -0.2) is 9.29 Å². The van der Waals surface area contributed by atoms with Gasteiger partial charge in [0.2, 0.25) is 5.12 Å². The number of unbranched alkanes of at least 4 members (excludes halogenated alkanes) is 1. The Labute approximate surface area is 201 Å². The predicted molar refractivity (Wildman–Crippen MR) is 126 cm³/mol. The maximum absolute atomic E-state index is 14.7. The summed E-state index contributed by atoms with van der Waals surface area (Å²) in [7, 11) is 0. The van der Waals surface area contributed by atoms with Gasteiger partial charge in [-0.15, -0.1) is 0 Å². The molecule has 0 N–H and O–H groups in total. The first kappa shape index (κ1) is 25.4. The fourth-order valence-electron chi connectivity index (χ4n) is 4.02. The number of nitrogens with zero attached hydrogens (tertiary/aromatic N) is 1. The summed E-state index contributed by atoms with van der Waals surface area (Å²) in [6.45, 7) is 3.98. The first-order valence-corrected chi connectivity index (χ1v) is 12.6. The Hall–Kier alpha value is -2.19. The third-order valence-corrected chi connectivity index (χ3v) is 7.02. The Morgan fingerprint density at radius 3 is 2.36 bits per heavy atom. The second-order valence-corrected chi connectivity index (χ2v) is 9.49. The summed E-state index contributed by atoms with van der Waals surface area (Å²) in [6.07, 6.45) is 5.74. The number of benzene rings is 1. The van der Waals surface area contributed by atoms with Crippen LogP contribution in [0.4, 0.5) is 10.1 Å². The molecule has 1 aromatic rings. The van der Waals surface area contributed by atoms with Crippen molar-refractivity contribution in [2.45, 2.75) is 71.3 Å². The lowest BCUT2D eigenvalue weighted by molar-refractivity contribution is -0.146. The van der Waals surface area contributed by atoms with Gasteiger partial charge in [-0.05, 0) is 50.7 Å². The summed E-state index contributed by atoms with van der Waals surface area (Å²) in [6, 6.07) is 2.03. The van der Waals surface area contributed by atoms with Crippen LogP contribution in [0.1, 0.15) is 75.6 Å². The third-order valence-electron chi connectivity index (χ3n) is 5.84. The molecule has 0 saturated heterocycles. The van der Waals surface area contributed by atoms with E-state index >= 15 is 0 Å². The molecule has 0 radical (unpaired) electrons. The van der Waals surface area contributed by atoms with Crippen molar-refractivity contribution in [2.75, 3.05) is 10.7 Å². The number of rotatable bonds is 9. The standard InChI is InChI=1S/C24H27ClFNO5S/c1-3-5-8-14(4-2)32-21(28)13-33-24(31)17-11-20(19(26)12-18(17)25)27-22(29)15-9-6-7-10-16(15)23(27)30/h11-12,14H,3-10,13H2,1-2H3. The topological polar surface area (TPSA) is 80.8 Å². The fraction of sp³-hybridized carbons (Fsp3) is 0.500. The minimum Gasteiger partial charge on any atom is -0.462 e. The zero-order valence-corrected chi connectivity index (χ0v) is 20.3. The Morgan fingerprint density at radius 2 is 1.79 bits per heavy atom. The molecule has 9 heteroatoms. The maximum atomic E-state index is 14.7. The molecule has 178 valence electrons. The van der Waals surface area contributed by atoms with Crippen LogP contribution in [0.15, 0.2) is 23.3 Å². The van der Waals surface area contributed by atoms with Crippen LogP contribution < -0.4 is 4.90 Å². The summed E-state index contributed by atoms with van der Waals surface area (Å²) in [4.78, 5) is 51.3. The van der Waals surface area contributed by atoms with E-state index in [0.29, 0.717) is 42.2 Å². The molecular formula is C24H27ClFNO5S. The van der Waals surface area contributed by atoms with E-state index in [0.717, 1.165) is 49.1 Å². The average molecular weight is 496 g/mol. The molecule has 1 aliphatic heterocycles. The zero-order valence-electron chi connectivity index (χ0n) is 18.7. The number of anilines is 1. The SMILES string of the molecule is CCCCC(CC)OC(=O)CSC(=O)c1cc(N2C(=O)C3=C(CCCC3)C2=O)c(F)cc1Cl. The molecule has 0 spiro atoms. The van der Waals surface area contributed by atoms with Crippen molar-refractivity contribution in [1.29, 1.82) is 0 Å². The van der Waals surface area contributed by atoms with Crippen LogP contribution in [0.2, 0.25) is 5.02 Å². The lowest BCUT2D eigenvalue weighted by Crippen LogP contribution is -2.32. The number of amides is 2. The summed E-state index contributed by atoms with van der Waals surface area (Å²) in [5.74, 6) is -2.71.